The van der Waals surface area contributed by atoms with Gasteiger partial charge in [0.1, 0.15) is 5.15 Å². The maximum atomic E-state index is 5.89. The van der Waals surface area contributed by atoms with Gasteiger partial charge in [-0.25, -0.2) is 4.98 Å². The molecule has 0 amide bonds. The molecule has 1 aromatic heterocycles. The van der Waals surface area contributed by atoms with Gasteiger partial charge in [-0.05, 0) is 25.0 Å². The predicted octanol–water partition coefficient (Wildman–Crippen LogP) is 2.66. The van der Waals surface area contributed by atoms with Crippen LogP contribution < -0.4 is 4.74 Å². The monoisotopic (exact) mass is 274 g/mol. The lowest BCUT2D eigenvalue weighted by Gasteiger charge is -2.21. The Balaban J connectivity index is 1.91. The first kappa shape index (κ1) is 12.9. The number of hydrogen-bond acceptors (Lipinski definition) is 5. The van der Waals surface area contributed by atoms with E-state index in [-0.39, 0.29) is 0 Å². The molecule has 1 fully saturated rings. The van der Waals surface area contributed by atoms with Crippen LogP contribution in [0.15, 0.2) is 11.2 Å². The van der Waals surface area contributed by atoms with Gasteiger partial charge in [-0.2, -0.15) is 4.98 Å². The molecule has 0 atom stereocenters. The van der Waals surface area contributed by atoms with Crippen molar-refractivity contribution in [3.05, 3.63) is 11.2 Å². The first-order chi connectivity index (χ1) is 8.28. The zero-order valence-electron chi connectivity index (χ0n) is 9.69. The number of nitrogens with zero attached hydrogens (tertiary/aromatic N) is 2. The average molecular weight is 275 g/mol. The Labute approximate surface area is 110 Å². The number of aromatic nitrogens is 2. The van der Waals surface area contributed by atoms with Gasteiger partial charge in [0.2, 0.25) is 5.88 Å². The first-order valence-electron chi connectivity index (χ1n) is 5.57. The van der Waals surface area contributed by atoms with Gasteiger partial charge in [0.25, 0.3) is 0 Å². The second-order valence-electron chi connectivity index (χ2n) is 3.88. The standard InChI is InChI=1S/C11H15ClN2O2S/c1-17-11-13-9(12)6-10(14-11)16-7-8-2-4-15-5-3-8/h6,8H,2-5,7H2,1H3. The summed E-state index contributed by atoms with van der Waals surface area (Å²) in [6.07, 6.45) is 4.01. The molecule has 0 bridgehead atoms. The van der Waals surface area contributed by atoms with Crippen LogP contribution in [0.1, 0.15) is 12.8 Å². The first-order valence-corrected chi connectivity index (χ1v) is 7.17. The minimum atomic E-state index is 0.423. The van der Waals surface area contributed by atoms with Crippen molar-refractivity contribution in [2.75, 3.05) is 26.1 Å². The van der Waals surface area contributed by atoms with Crippen molar-refractivity contribution in [3.8, 4) is 5.88 Å². The van der Waals surface area contributed by atoms with Crippen molar-refractivity contribution in [3.63, 3.8) is 0 Å². The molecule has 0 radical (unpaired) electrons. The van der Waals surface area contributed by atoms with E-state index in [2.05, 4.69) is 9.97 Å². The summed E-state index contributed by atoms with van der Waals surface area (Å²) in [5.74, 6) is 1.11. The Bertz CT molecular complexity index is 372. The maximum absolute atomic E-state index is 5.89. The van der Waals surface area contributed by atoms with Crippen LogP contribution in [0.2, 0.25) is 5.15 Å². The van der Waals surface area contributed by atoms with E-state index < -0.39 is 0 Å². The molecular formula is C11H15ClN2O2S. The zero-order chi connectivity index (χ0) is 12.1. The smallest absolute Gasteiger partial charge is 0.218 e. The third-order valence-corrected chi connectivity index (χ3v) is 3.38. The number of halogens is 1. The van der Waals surface area contributed by atoms with E-state index >= 15 is 0 Å². The minimum absolute atomic E-state index is 0.423. The van der Waals surface area contributed by atoms with Crippen molar-refractivity contribution in [2.45, 2.75) is 18.0 Å². The SMILES string of the molecule is CSc1nc(Cl)cc(OCC2CCOCC2)n1. The molecular weight excluding hydrogens is 260 g/mol. The molecule has 0 saturated carbocycles. The molecule has 2 rings (SSSR count). The summed E-state index contributed by atoms with van der Waals surface area (Å²) < 4.78 is 11.0. The van der Waals surface area contributed by atoms with E-state index in [0.29, 0.717) is 28.7 Å². The highest BCUT2D eigenvalue weighted by molar-refractivity contribution is 7.98. The van der Waals surface area contributed by atoms with Crippen LogP contribution in [-0.4, -0.2) is 36.0 Å². The van der Waals surface area contributed by atoms with Gasteiger partial charge in [0.05, 0.1) is 6.61 Å². The highest BCUT2D eigenvalue weighted by atomic mass is 35.5. The van der Waals surface area contributed by atoms with Crippen molar-refractivity contribution in [2.24, 2.45) is 5.92 Å². The lowest BCUT2D eigenvalue weighted by atomic mass is 10.0. The van der Waals surface area contributed by atoms with Crippen molar-refractivity contribution in [1.29, 1.82) is 0 Å². The molecule has 4 nitrogen and oxygen atoms in total. The molecule has 0 aromatic carbocycles. The molecule has 1 aliphatic rings. The molecule has 0 aliphatic carbocycles. The molecule has 0 N–H and O–H groups in total. The van der Waals surface area contributed by atoms with Crippen LogP contribution in [0.25, 0.3) is 0 Å². The topological polar surface area (TPSA) is 44.2 Å². The number of thioether (sulfide) groups is 1. The highest BCUT2D eigenvalue weighted by Crippen LogP contribution is 2.21. The minimum Gasteiger partial charge on any atom is -0.477 e. The quantitative estimate of drug-likeness (QED) is 0.480. The van der Waals surface area contributed by atoms with E-state index in [9.17, 15) is 0 Å². The predicted molar refractivity (Wildman–Crippen MR) is 67.9 cm³/mol. The third-order valence-electron chi connectivity index (χ3n) is 2.64. The molecule has 1 aliphatic heterocycles. The lowest BCUT2D eigenvalue weighted by Crippen LogP contribution is -2.21. The highest BCUT2D eigenvalue weighted by Gasteiger charge is 2.15. The normalized spacial score (nSPS) is 17.1. The Hall–Kier alpha value is -0.520. The summed E-state index contributed by atoms with van der Waals surface area (Å²) >= 11 is 7.34. The van der Waals surface area contributed by atoms with E-state index in [1.165, 1.54) is 11.8 Å². The van der Waals surface area contributed by atoms with E-state index in [1.807, 2.05) is 6.26 Å². The second kappa shape index (κ2) is 6.42. The molecule has 0 spiro atoms. The van der Waals surface area contributed by atoms with Crippen molar-refractivity contribution in [1.82, 2.24) is 9.97 Å². The van der Waals surface area contributed by atoms with Crippen molar-refractivity contribution < 1.29 is 9.47 Å². The molecule has 2 heterocycles. The lowest BCUT2D eigenvalue weighted by molar-refractivity contribution is 0.0489. The summed E-state index contributed by atoms with van der Waals surface area (Å²) in [6, 6.07) is 1.65. The Morgan fingerprint density at radius 2 is 2.24 bits per heavy atom. The van der Waals surface area contributed by atoms with Gasteiger partial charge in [0, 0.05) is 19.3 Å². The van der Waals surface area contributed by atoms with Gasteiger partial charge in [-0.1, -0.05) is 23.4 Å². The van der Waals surface area contributed by atoms with E-state index in [0.717, 1.165) is 26.1 Å². The summed E-state index contributed by atoms with van der Waals surface area (Å²) in [7, 11) is 0. The maximum Gasteiger partial charge on any atom is 0.218 e. The van der Waals surface area contributed by atoms with Gasteiger partial charge in [-0.3, -0.25) is 0 Å². The number of rotatable bonds is 4. The van der Waals surface area contributed by atoms with E-state index in [1.54, 1.807) is 6.07 Å². The fraction of sp³-hybridized carbons (Fsp3) is 0.636. The molecule has 6 heteroatoms. The molecule has 1 saturated heterocycles. The van der Waals surface area contributed by atoms with Gasteiger partial charge in [-0.15, -0.1) is 0 Å². The molecule has 1 aromatic rings. The number of hydrogen-bond donors (Lipinski definition) is 0. The molecule has 17 heavy (non-hydrogen) atoms. The fourth-order valence-electron chi connectivity index (χ4n) is 1.66. The van der Waals surface area contributed by atoms with Crippen LogP contribution >= 0.6 is 23.4 Å². The Kier molecular flexibility index (Phi) is 4.88. The Morgan fingerprint density at radius 1 is 1.47 bits per heavy atom. The average Bonchev–Trinajstić information content (AvgIpc) is 2.37. The Morgan fingerprint density at radius 3 is 2.94 bits per heavy atom. The molecule has 0 unspecified atom stereocenters. The van der Waals surface area contributed by atoms with Crippen molar-refractivity contribution >= 4 is 23.4 Å². The third kappa shape index (κ3) is 4.01. The van der Waals surface area contributed by atoms with E-state index in [4.69, 9.17) is 21.1 Å². The van der Waals surface area contributed by atoms with Gasteiger partial charge < -0.3 is 9.47 Å². The molecule has 94 valence electrons. The number of ether oxygens (including phenoxy) is 2. The fourth-order valence-corrected chi connectivity index (χ4v) is 2.25. The summed E-state index contributed by atoms with van der Waals surface area (Å²) in [6.45, 7) is 2.33. The summed E-state index contributed by atoms with van der Waals surface area (Å²) in [5, 5.41) is 1.06. The van der Waals surface area contributed by atoms with Crippen LogP contribution in [0.3, 0.4) is 0 Å². The summed E-state index contributed by atoms with van der Waals surface area (Å²) in [5.41, 5.74) is 0. The van der Waals surface area contributed by atoms with Crippen LogP contribution in [0.4, 0.5) is 0 Å². The van der Waals surface area contributed by atoms with Gasteiger partial charge >= 0.3 is 0 Å². The second-order valence-corrected chi connectivity index (χ2v) is 5.04. The van der Waals surface area contributed by atoms with Crippen LogP contribution in [0.5, 0.6) is 5.88 Å². The van der Waals surface area contributed by atoms with Crippen LogP contribution in [-0.2, 0) is 4.74 Å². The van der Waals surface area contributed by atoms with Gasteiger partial charge in [0.15, 0.2) is 5.16 Å². The van der Waals surface area contributed by atoms with Crippen LogP contribution in [0, 0.1) is 5.92 Å². The summed E-state index contributed by atoms with van der Waals surface area (Å²) in [4.78, 5) is 8.31. The largest absolute Gasteiger partial charge is 0.477 e. The zero-order valence-corrected chi connectivity index (χ0v) is 11.3.